The SMILES string of the molecule is O=[N+]([O-])c1cn(CCC(O)COc2ccc3oc(N4CCC(Oc5ccc(OC(F)(F)F)cc5)CC4)nc3c2)c(Cl)n1. The highest BCUT2D eigenvalue weighted by atomic mass is 35.5. The fraction of sp³-hybridized carbons (Fsp3) is 0.385. The number of anilines is 1. The quantitative estimate of drug-likeness (QED) is 0.174. The van der Waals surface area contributed by atoms with Crippen molar-refractivity contribution in [2.45, 2.75) is 44.4 Å². The number of benzene rings is 2. The van der Waals surface area contributed by atoms with Crippen LogP contribution in [0.4, 0.5) is 25.0 Å². The Labute approximate surface area is 241 Å². The largest absolute Gasteiger partial charge is 0.573 e. The lowest BCUT2D eigenvalue weighted by Gasteiger charge is -2.31. The number of fused-ring (bicyclic) bond motifs is 1. The van der Waals surface area contributed by atoms with E-state index in [1.807, 2.05) is 4.90 Å². The van der Waals surface area contributed by atoms with Crippen LogP contribution < -0.4 is 19.1 Å². The smallest absolute Gasteiger partial charge is 0.491 e. The Morgan fingerprint density at radius 2 is 1.81 bits per heavy atom. The van der Waals surface area contributed by atoms with Crippen molar-refractivity contribution in [1.29, 1.82) is 0 Å². The molecule has 1 saturated heterocycles. The zero-order chi connectivity index (χ0) is 29.9. The van der Waals surface area contributed by atoms with Gasteiger partial charge >= 0.3 is 17.5 Å². The molecule has 2 aromatic carbocycles. The molecule has 1 unspecified atom stereocenters. The third-order valence-corrected chi connectivity index (χ3v) is 6.77. The molecule has 0 bridgehead atoms. The molecule has 224 valence electrons. The summed E-state index contributed by atoms with van der Waals surface area (Å²) < 4.78 is 59.8. The van der Waals surface area contributed by atoms with Crippen molar-refractivity contribution in [1.82, 2.24) is 14.5 Å². The molecule has 0 amide bonds. The molecule has 4 aromatic rings. The fourth-order valence-electron chi connectivity index (χ4n) is 4.39. The van der Waals surface area contributed by atoms with E-state index in [9.17, 15) is 28.4 Å². The van der Waals surface area contributed by atoms with Crippen LogP contribution in [0.1, 0.15) is 19.3 Å². The van der Waals surface area contributed by atoms with Gasteiger partial charge in [0.25, 0.3) is 6.01 Å². The van der Waals surface area contributed by atoms with Crippen LogP contribution in [0.25, 0.3) is 11.1 Å². The van der Waals surface area contributed by atoms with Gasteiger partial charge in [-0.05, 0) is 64.3 Å². The average molecular weight is 612 g/mol. The number of piperidine rings is 1. The summed E-state index contributed by atoms with van der Waals surface area (Å²) in [7, 11) is 0. The van der Waals surface area contributed by atoms with E-state index in [1.54, 1.807) is 18.2 Å². The van der Waals surface area contributed by atoms with Crippen LogP contribution in [-0.4, -0.2) is 62.8 Å². The number of oxazole rings is 1. The first kappa shape index (κ1) is 29.3. The Balaban J connectivity index is 1.09. The Kier molecular flexibility index (Phi) is 8.59. The number of halogens is 4. The van der Waals surface area contributed by atoms with Gasteiger partial charge in [-0.15, -0.1) is 13.2 Å². The number of alkyl halides is 3. The summed E-state index contributed by atoms with van der Waals surface area (Å²) >= 11 is 5.90. The molecule has 12 nitrogen and oxygen atoms in total. The maximum Gasteiger partial charge on any atom is 0.573 e. The zero-order valence-corrected chi connectivity index (χ0v) is 22.6. The maximum atomic E-state index is 12.3. The number of nitro groups is 1. The molecule has 1 N–H and O–H groups in total. The normalized spacial score (nSPS) is 15.1. The molecule has 0 spiro atoms. The summed E-state index contributed by atoms with van der Waals surface area (Å²) in [6.45, 7) is 1.41. The van der Waals surface area contributed by atoms with Gasteiger partial charge < -0.3 is 38.7 Å². The van der Waals surface area contributed by atoms with Crippen LogP contribution in [0.2, 0.25) is 5.28 Å². The first-order chi connectivity index (χ1) is 20.0. The number of nitrogens with zero attached hydrogens (tertiary/aromatic N) is 5. The van der Waals surface area contributed by atoms with E-state index >= 15 is 0 Å². The second-order valence-corrected chi connectivity index (χ2v) is 9.86. The Morgan fingerprint density at radius 3 is 2.48 bits per heavy atom. The number of ether oxygens (including phenoxy) is 3. The molecule has 1 aliphatic rings. The van der Waals surface area contributed by atoms with Crippen LogP contribution in [-0.2, 0) is 6.54 Å². The van der Waals surface area contributed by atoms with Crippen molar-refractivity contribution in [2.75, 3.05) is 24.6 Å². The van der Waals surface area contributed by atoms with Crippen molar-refractivity contribution < 1.29 is 41.8 Å². The van der Waals surface area contributed by atoms with Gasteiger partial charge in [-0.1, -0.05) is 0 Å². The third kappa shape index (κ3) is 7.53. The molecule has 2 aromatic heterocycles. The number of rotatable bonds is 11. The minimum absolute atomic E-state index is 0.0176. The highest BCUT2D eigenvalue weighted by Crippen LogP contribution is 2.30. The number of aliphatic hydroxyl groups excluding tert-OH is 1. The lowest BCUT2D eigenvalue weighted by molar-refractivity contribution is -0.389. The van der Waals surface area contributed by atoms with Crippen LogP contribution in [0.15, 0.2) is 53.1 Å². The summed E-state index contributed by atoms with van der Waals surface area (Å²) in [5, 5.41) is 21.1. The Morgan fingerprint density at radius 1 is 1.12 bits per heavy atom. The second kappa shape index (κ2) is 12.3. The van der Waals surface area contributed by atoms with Crippen LogP contribution >= 0.6 is 11.6 Å². The van der Waals surface area contributed by atoms with Gasteiger partial charge in [0.1, 0.15) is 41.7 Å². The molecule has 0 saturated carbocycles. The van der Waals surface area contributed by atoms with Crippen molar-refractivity contribution in [3.05, 3.63) is 64.1 Å². The number of hydrogen-bond donors (Lipinski definition) is 1. The highest BCUT2D eigenvalue weighted by molar-refractivity contribution is 6.28. The molecule has 1 fully saturated rings. The monoisotopic (exact) mass is 611 g/mol. The number of hydrogen-bond acceptors (Lipinski definition) is 10. The van der Waals surface area contributed by atoms with Gasteiger partial charge in [0.15, 0.2) is 5.58 Å². The van der Waals surface area contributed by atoms with Crippen LogP contribution in [0.3, 0.4) is 0 Å². The summed E-state index contributed by atoms with van der Waals surface area (Å²) in [6, 6.07) is 10.9. The van der Waals surface area contributed by atoms with Gasteiger partial charge in [-0.2, -0.15) is 4.98 Å². The van der Waals surface area contributed by atoms with Gasteiger partial charge in [0.2, 0.25) is 0 Å². The number of aliphatic hydroxyl groups is 1. The number of imidazole rings is 1. The molecular formula is C26H25ClF3N5O7. The molecule has 42 heavy (non-hydrogen) atoms. The molecule has 1 atom stereocenters. The molecule has 16 heteroatoms. The van der Waals surface area contributed by atoms with Gasteiger partial charge in [-0.3, -0.25) is 4.57 Å². The fourth-order valence-corrected chi connectivity index (χ4v) is 4.61. The predicted molar refractivity (Wildman–Crippen MR) is 143 cm³/mol. The van der Waals surface area contributed by atoms with Gasteiger partial charge in [0.05, 0.1) is 6.10 Å². The predicted octanol–water partition coefficient (Wildman–Crippen LogP) is 5.36. The minimum atomic E-state index is -4.75. The number of aryl methyl sites for hydroxylation is 1. The third-order valence-electron chi connectivity index (χ3n) is 6.47. The average Bonchev–Trinajstić information content (AvgIpc) is 3.54. The summed E-state index contributed by atoms with van der Waals surface area (Å²) in [4.78, 5) is 20.4. The van der Waals surface area contributed by atoms with Crippen LogP contribution in [0, 0.1) is 10.1 Å². The molecule has 0 aliphatic carbocycles. The molecule has 5 rings (SSSR count). The molecular weight excluding hydrogens is 587 g/mol. The van der Waals surface area contributed by atoms with Crippen LogP contribution in [0.5, 0.6) is 17.2 Å². The summed E-state index contributed by atoms with van der Waals surface area (Å²) in [5.41, 5.74) is 1.14. The summed E-state index contributed by atoms with van der Waals surface area (Å²) in [6.07, 6.45) is -2.97. The van der Waals surface area contributed by atoms with Gasteiger partial charge in [-0.25, -0.2) is 0 Å². The van der Waals surface area contributed by atoms with Crippen molar-refractivity contribution >= 4 is 34.5 Å². The first-order valence-electron chi connectivity index (χ1n) is 12.9. The maximum absolute atomic E-state index is 12.3. The molecule has 3 heterocycles. The standard InChI is InChI=1S/C26H25ClF3N5O7/c27-24-32-23(35(37)38)14-34(24)10-7-16(36)15-39-20-5-6-22-21(13-20)31-25(41-22)33-11-8-18(9-12-33)40-17-1-3-19(4-2-17)42-26(28,29)30/h1-6,13-14,16,18,36H,7-12,15H2. The van der Waals surface area contributed by atoms with Crippen molar-refractivity contribution in [2.24, 2.45) is 0 Å². The van der Waals surface area contributed by atoms with Gasteiger partial charge in [0, 0.05) is 38.5 Å². The molecule has 1 aliphatic heterocycles. The minimum Gasteiger partial charge on any atom is -0.491 e. The number of aromatic nitrogens is 3. The lowest BCUT2D eigenvalue weighted by Crippen LogP contribution is -2.38. The Hall–Kier alpha value is -4.24. The zero-order valence-electron chi connectivity index (χ0n) is 21.9. The van der Waals surface area contributed by atoms with E-state index in [-0.39, 0.29) is 42.5 Å². The van der Waals surface area contributed by atoms with E-state index in [4.69, 9.17) is 25.5 Å². The Bertz CT molecular complexity index is 1520. The topological polar surface area (TPSA) is 138 Å². The van der Waals surface area contributed by atoms with E-state index < -0.39 is 17.4 Å². The van der Waals surface area contributed by atoms with E-state index in [0.29, 0.717) is 54.5 Å². The summed E-state index contributed by atoms with van der Waals surface area (Å²) in [5.74, 6) is 0.265. The molecule has 0 radical (unpaired) electrons. The van der Waals surface area contributed by atoms with E-state index in [2.05, 4.69) is 14.7 Å². The highest BCUT2D eigenvalue weighted by Gasteiger charge is 2.31. The second-order valence-electron chi connectivity index (χ2n) is 9.52. The van der Waals surface area contributed by atoms with E-state index in [1.165, 1.54) is 35.0 Å². The van der Waals surface area contributed by atoms with Crippen molar-refractivity contribution in [3.63, 3.8) is 0 Å². The van der Waals surface area contributed by atoms with Crippen molar-refractivity contribution in [3.8, 4) is 17.2 Å². The first-order valence-corrected chi connectivity index (χ1v) is 13.3. The van der Waals surface area contributed by atoms with E-state index in [0.717, 1.165) is 0 Å². The lowest BCUT2D eigenvalue weighted by atomic mass is 10.1.